The summed E-state index contributed by atoms with van der Waals surface area (Å²) in [6, 6.07) is -0.618. The molecular weight excluding hydrogens is 835 g/mol. The highest BCUT2D eigenvalue weighted by Crippen LogP contribution is 2.17. The quantitative estimate of drug-likeness (QED) is 0.0281. The van der Waals surface area contributed by atoms with Crippen LogP contribution in [0.2, 0.25) is 0 Å². The fraction of sp³-hybridized carbons (Fsp3) is 0.814. The van der Waals surface area contributed by atoms with Crippen LogP contribution >= 0.6 is 0 Å². The van der Waals surface area contributed by atoms with Gasteiger partial charge in [0.25, 0.3) is 0 Å². The maximum Gasteiger partial charge on any atom is 0.362 e. The minimum atomic E-state index is -0.875. The Kier molecular flexibility index (Phi) is 47.7. The Labute approximate surface area is 414 Å². The lowest BCUT2D eigenvalue weighted by Gasteiger charge is -2.31. The second-order valence-corrected chi connectivity index (χ2v) is 20.2. The highest BCUT2D eigenvalue weighted by Gasteiger charge is 2.31. The van der Waals surface area contributed by atoms with Crippen LogP contribution in [0.25, 0.3) is 0 Å². The number of likely N-dealkylation sites (N-methyl/N-ethyl adjacent to an activating group) is 1. The predicted molar refractivity (Wildman–Crippen MR) is 284 cm³/mol. The van der Waals surface area contributed by atoms with Crippen LogP contribution in [0.5, 0.6) is 0 Å². The second-order valence-electron chi connectivity index (χ2n) is 20.2. The number of ether oxygens (including phenoxy) is 3. The lowest BCUT2D eigenvalue weighted by molar-refractivity contribution is -0.887. The third-order valence-corrected chi connectivity index (χ3v) is 12.7. The molecule has 0 aliphatic heterocycles. The van der Waals surface area contributed by atoms with Gasteiger partial charge in [0.2, 0.25) is 0 Å². The molecule has 0 aromatic rings. The van der Waals surface area contributed by atoms with E-state index in [0.29, 0.717) is 19.3 Å². The molecule has 0 fully saturated rings. The van der Waals surface area contributed by atoms with Gasteiger partial charge in [0.15, 0.2) is 12.1 Å². The molecule has 0 aliphatic carbocycles. The molecule has 390 valence electrons. The first-order chi connectivity index (χ1) is 32.6. The first-order valence-corrected chi connectivity index (χ1v) is 28.2. The molecule has 0 amide bonds. The zero-order chi connectivity index (χ0) is 49.2. The van der Waals surface area contributed by atoms with Crippen molar-refractivity contribution in [3.05, 3.63) is 48.6 Å². The van der Waals surface area contributed by atoms with Crippen LogP contribution in [0, 0.1) is 0 Å². The topological polar surface area (TPSA) is 99.1 Å². The molecule has 0 aliphatic rings. The number of rotatable bonds is 51. The van der Waals surface area contributed by atoms with Gasteiger partial charge >= 0.3 is 17.9 Å². The maximum absolute atomic E-state index is 12.8. The van der Waals surface area contributed by atoms with Crippen LogP contribution in [0.4, 0.5) is 0 Å². The van der Waals surface area contributed by atoms with Crippen molar-refractivity contribution < 1.29 is 38.2 Å². The van der Waals surface area contributed by atoms with Gasteiger partial charge in [-0.15, -0.1) is 0 Å². The van der Waals surface area contributed by atoms with Gasteiger partial charge in [-0.25, -0.2) is 4.79 Å². The van der Waals surface area contributed by atoms with E-state index < -0.39 is 18.1 Å². The number of esters is 2. The van der Waals surface area contributed by atoms with Crippen LogP contribution in [0.1, 0.15) is 258 Å². The molecule has 0 aromatic heterocycles. The summed E-state index contributed by atoms with van der Waals surface area (Å²) in [7, 11) is 5.54. The summed E-state index contributed by atoms with van der Waals surface area (Å²) in [5.74, 6) is -1.47. The molecule has 2 unspecified atom stereocenters. The largest absolute Gasteiger partial charge is 0.477 e. The van der Waals surface area contributed by atoms with E-state index in [1.165, 1.54) is 148 Å². The number of carboxylic acid groups (broad SMARTS) is 1. The summed E-state index contributed by atoms with van der Waals surface area (Å²) in [6.45, 7) is 4.65. The van der Waals surface area contributed by atoms with Crippen LogP contribution in [0.3, 0.4) is 0 Å². The third-order valence-electron chi connectivity index (χ3n) is 12.7. The fourth-order valence-corrected chi connectivity index (χ4v) is 8.44. The van der Waals surface area contributed by atoms with Crippen molar-refractivity contribution in [1.29, 1.82) is 0 Å². The SMILES string of the molecule is CC/C=C\C/C=C\C/C=C\C/C=C\CCCCCCCCC(=O)OC(COCCC(C(=O)O)[N+](C)(C)C)COC(=O)CCCCCCCCCCCCCCCCCCCCCCCCCC. The van der Waals surface area contributed by atoms with Crippen molar-refractivity contribution in [3.63, 3.8) is 0 Å². The Hall–Kier alpha value is -2.71. The molecule has 0 heterocycles. The number of hydrogen-bond donors (Lipinski definition) is 1. The van der Waals surface area contributed by atoms with Gasteiger partial charge in [-0.3, -0.25) is 9.59 Å². The third kappa shape index (κ3) is 48.1. The number of aliphatic carboxylic acids is 1. The zero-order valence-corrected chi connectivity index (χ0v) is 44.6. The fourth-order valence-electron chi connectivity index (χ4n) is 8.44. The molecule has 0 aromatic carbocycles. The number of carbonyl (C=O) groups is 3. The summed E-state index contributed by atoms with van der Waals surface area (Å²) < 4.78 is 17.4. The van der Waals surface area contributed by atoms with Gasteiger partial charge in [0.1, 0.15) is 6.61 Å². The number of hydrogen-bond acceptors (Lipinski definition) is 6. The molecule has 2 atom stereocenters. The summed E-state index contributed by atoms with van der Waals surface area (Å²) in [6.07, 6.45) is 61.8. The average Bonchev–Trinajstić information content (AvgIpc) is 3.29. The molecule has 0 saturated heterocycles. The summed E-state index contributed by atoms with van der Waals surface area (Å²) >= 11 is 0. The van der Waals surface area contributed by atoms with E-state index in [9.17, 15) is 19.5 Å². The zero-order valence-electron chi connectivity index (χ0n) is 44.6. The van der Waals surface area contributed by atoms with Crippen LogP contribution in [0.15, 0.2) is 48.6 Å². The highest BCUT2D eigenvalue weighted by molar-refractivity contribution is 5.72. The van der Waals surface area contributed by atoms with Gasteiger partial charge in [-0.05, 0) is 51.4 Å². The van der Waals surface area contributed by atoms with E-state index in [1.807, 2.05) is 21.1 Å². The number of nitrogens with zero attached hydrogens (tertiary/aromatic N) is 1. The predicted octanol–water partition coefficient (Wildman–Crippen LogP) is 16.7. The molecule has 1 N–H and O–H groups in total. The molecule has 8 nitrogen and oxygen atoms in total. The summed E-state index contributed by atoms with van der Waals surface area (Å²) in [5.41, 5.74) is 0. The number of carbonyl (C=O) groups excluding carboxylic acids is 2. The number of quaternary nitrogens is 1. The first kappa shape index (κ1) is 64.3. The van der Waals surface area contributed by atoms with Crippen LogP contribution in [-0.4, -0.2) is 80.6 Å². The lowest BCUT2D eigenvalue weighted by Crippen LogP contribution is -2.50. The molecule has 0 radical (unpaired) electrons. The number of allylic oxidation sites excluding steroid dienone is 8. The maximum atomic E-state index is 12.8. The summed E-state index contributed by atoms with van der Waals surface area (Å²) in [5, 5.41) is 9.67. The number of carboxylic acids is 1. The van der Waals surface area contributed by atoms with Crippen molar-refractivity contribution in [1.82, 2.24) is 0 Å². The number of unbranched alkanes of at least 4 members (excludes halogenated alkanes) is 29. The van der Waals surface area contributed by atoms with Crippen molar-refractivity contribution in [2.75, 3.05) is 41.0 Å². The molecule has 67 heavy (non-hydrogen) atoms. The van der Waals surface area contributed by atoms with Gasteiger partial charge < -0.3 is 23.8 Å². The molecule has 0 spiro atoms. The van der Waals surface area contributed by atoms with Crippen molar-refractivity contribution in [2.24, 2.45) is 0 Å². The van der Waals surface area contributed by atoms with Crippen molar-refractivity contribution in [2.45, 2.75) is 270 Å². The molecule has 0 saturated carbocycles. The smallest absolute Gasteiger partial charge is 0.362 e. The van der Waals surface area contributed by atoms with Gasteiger partial charge in [0.05, 0.1) is 34.4 Å². The van der Waals surface area contributed by atoms with Crippen molar-refractivity contribution >= 4 is 17.9 Å². The molecular formula is C59H108NO7+. The Morgan fingerprint density at radius 1 is 0.463 bits per heavy atom. The monoisotopic (exact) mass is 943 g/mol. The Morgan fingerprint density at radius 2 is 0.836 bits per heavy atom. The Bertz CT molecular complexity index is 1230. The minimum absolute atomic E-state index is 0.0546. The van der Waals surface area contributed by atoms with E-state index in [0.717, 1.165) is 77.0 Å². The normalized spacial score (nSPS) is 13.1. The van der Waals surface area contributed by atoms with Gasteiger partial charge in [-0.2, -0.15) is 0 Å². The van der Waals surface area contributed by atoms with Crippen molar-refractivity contribution in [3.8, 4) is 0 Å². The van der Waals surface area contributed by atoms with Gasteiger partial charge in [-0.1, -0.05) is 236 Å². The minimum Gasteiger partial charge on any atom is -0.477 e. The standard InChI is InChI=1S/C59H107NO7/c1-6-8-10-12-14-16-18-20-22-24-26-27-28-29-30-32-33-35-37-39-41-43-45-47-49-57(61)66-54-55(53-65-52-51-56(59(63)64)60(3,4)5)67-58(62)50-48-46-44-42-40-38-36-34-31-25-23-21-19-17-15-13-11-9-7-2/h9,11,15,17,21,23,31,34,55-56H,6-8,10,12-14,16,18-20,22,24-30,32-33,35-54H2,1-5H3/p+1/b11-9-,17-15-,23-21-,34-31-. The van der Waals surface area contributed by atoms with Crippen LogP contribution in [-0.2, 0) is 28.6 Å². The lowest BCUT2D eigenvalue weighted by atomic mass is 10.0. The Balaban J connectivity index is 4.16. The Morgan fingerprint density at radius 3 is 1.24 bits per heavy atom. The average molecular weight is 944 g/mol. The van der Waals surface area contributed by atoms with Gasteiger partial charge in [0, 0.05) is 19.3 Å². The first-order valence-electron chi connectivity index (χ1n) is 28.2. The van der Waals surface area contributed by atoms with E-state index >= 15 is 0 Å². The molecule has 0 bridgehead atoms. The summed E-state index contributed by atoms with van der Waals surface area (Å²) in [4.78, 5) is 37.3. The second kappa shape index (κ2) is 49.7. The molecule has 0 rings (SSSR count). The van der Waals surface area contributed by atoms with E-state index in [-0.39, 0.29) is 36.2 Å². The van der Waals surface area contributed by atoms with E-state index in [1.54, 1.807) is 0 Å². The van der Waals surface area contributed by atoms with E-state index in [2.05, 4.69) is 62.5 Å². The molecule has 8 heteroatoms. The van der Waals surface area contributed by atoms with E-state index in [4.69, 9.17) is 14.2 Å². The highest BCUT2D eigenvalue weighted by atomic mass is 16.6. The van der Waals surface area contributed by atoms with Crippen LogP contribution < -0.4 is 0 Å².